The van der Waals surface area contributed by atoms with Crippen LogP contribution in [0.15, 0.2) is 30.3 Å². The summed E-state index contributed by atoms with van der Waals surface area (Å²) in [5.41, 5.74) is 1.12. The van der Waals surface area contributed by atoms with Crippen molar-refractivity contribution in [3.63, 3.8) is 0 Å². The number of halogens is 1. The van der Waals surface area contributed by atoms with E-state index >= 15 is 0 Å². The molecule has 1 aromatic carbocycles. The summed E-state index contributed by atoms with van der Waals surface area (Å²) in [6.45, 7) is 3.13. The molecule has 2 fully saturated rings. The number of amides is 1. The van der Waals surface area contributed by atoms with Crippen LogP contribution in [0.3, 0.4) is 0 Å². The standard InChI is InChI=1S/C19H29N3O.ClH/c1-20-12-9-15-10-13-22(14-11-15)18(16-5-3-2-4-6-16)19(23)21-17-7-8-17;/h2-6,15,17-18,20H,7-14H2,1H3,(H,21,23);1H. The van der Waals surface area contributed by atoms with Gasteiger partial charge in [-0.15, -0.1) is 12.4 Å². The van der Waals surface area contributed by atoms with E-state index in [1.807, 2.05) is 25.2 Å². The number of hydrogen-bond donors (Lipinski definition) is 2. The summed E-state index contributed by atoms with van der Waals surface area (Å²) >= 11 is 0. The van der Waals surface area contributed by atoms with Gasteiger partial charge in [0.05, 0.1) is 0 Å². The number of likely N-dealkylation sites (tertiary alicyclic amines) is 1. The quantitative estimate of drug-likeness (QED) is 0.794. The summed E-state index contributed by atoms with van der Waals surface area (Å²) in [7, 11) is 2.02. The lowest BCUT2D eigenvalue weighted by Gasteiger charge is -2.37. The molecule has 0 bridgehead atoms. The Morgan fingerprint density at radius 1 is 1.17 bits per heavy atom. The first kappa shape index (κ1) is 19.2. The Kier molecular flexibility index (Phi) is 7.53. The van der Waals surface area contributed by atoms with Crippen molar-refractivity contribution in [2.45, 2.75) is 44.2 Å². The molecule has 24 heavy (non-hydrogen) atoms. The van der Waals surface area contributed by atoms with Gasteiger partial charge in [0.1, 0.15) is 6.04 Å². The molecule has 4 nitrogen and oxygen atoms in total. The van der Waals surface area contributed by atoms with Crippen LogP contribution in [0, 0.1) is 5.92 Å². The topological polar surface area (TPSA) is 44.4 Å². The van der Waals surface area contributed by atoms with E-state index in [1.165, 1.54) is 19.3 Å². The number of hydrogen-bond acceptors (Lipinski definition) is 3. The van der Waals surface area contributed by atoms with E-state index < -0.39 is 0 Å². The predicted molar refractivity (Wildman–Crippen MR) is 100 cm³/mol. The molecule has 0 spiro atoms. The molecule has 0 radical (unpaired) electrons. The third-order valence-corrected chi connectivity index (χ3v) is 5.10. The summed E-state index contributed by atoms with van der Waals surface area (Å²) in [5, 5.41) is 6.45. The number of benzene rings is 1. The zero-order chi connectivity index (χ0) is 16.1. The normalized spacial score (nSPS) is 20.2. The average molecular weight is 352 g/mol. The van der Waals surface area contributed by atoms with E-state index in [-0.39, 0.29) is 24.4 Å². The zero-order valence-electron chi connectivity index (χ0n) is 14.5. The molecule has 134 valence electrons. The molecule has 0 aromatic heterocycles. The van der Waals surface area contributed by atoms with Crippen molar-refractivity contribution in [3.05, 3.63) is 35.9 Å². The first-order valence-electron chi connectivity index (χ1n) is 9.02. The average Bonchev–Trinajstić information content (AvgIpc) is 3.39. The van der Waals surface area contributed by atoms with Crippen LogP contribution >= 0.6 is 12.4 Å². The largest absolute Gasteiger partial charge is 0.352 e. The minimum absolute atomic E-state index is 0. The molecule has 5 heteroatoms. The third kappa shape index (κ3) is 5.20. The third-order valence-electron chi connectivity index (χ3n) is 5.10. The predicted octanol–water partition coefficient (Wildman–Crippen LogP) is 2.75. The summed E-state index contributed by atoms with van der Waals surface area (Å²) < 4.78 is 0. The first-order valence-corrected chi connectivity index (χ1v) is 9.02. The Hall–Kier alpha value is -1.10. The van der Waals surface area contributed by atoms with Crippen molar-refractivity contribution in [2.75, 3.05) is 26.7 Å². The summed E-state index contributed by atoms with van der Waals surface area (Å²) in [6.07, 6.45) is 5.91. The number of nitrogens with one attached hydrogen (secondary N) is 2. The number of carbonyl (C=O) groups excluding carboxylic acids is 1. The molecular formula is C19H30ClN3O. The minimum Gasteiger partial charge on any atom is -0.352 e. The highest BCUT2D eigenvalue weighted by Crippen LogP contribution is 2.29. The SMILES string of the molecule is CNCCC1CCN(C(C(=O)NC2CC2)c2ccccc2)CC1.Cl. The zero-order valence-corrected chi connectivity index (χ0v) is 15.4. The van der Waals surface area contributed by atoms with Crippen LogP contribution < -0.4 is 10.6 Å². The van der Waals surface area contributed by atoms with Gasteiger partial charge in [0, 0.05) is 6.04 Å². The Morgan fingerprint density at radius 3 is 2.42 bits per heavy atom. The van der Waals surface area contributed by atoms with E-state index in [4.69, 9.17) is 0 Å². The van der Waals surface area contributed by atoms with Crippen LogP contribution in [0.25, 0.3) is 0 Å². The Labute approximate surface area is 151 Å². The van der Waals surface area contributed by atoms with Gasteiger partial charge in [-0.25, -0.2) is 0 Å². The molecule has 1 amide bonds. The van der Waals surface area contributed by atoms with Crippen molar-refractivity contribution < 1.29 is 4.79 Å². The highest BCUT2D eigenvalue weighted by Gasteiger charge is 2.33. The molecule has 2 N–H and O–H groups in total. The Bertz CT molecular complexity index is 499. The van der Waals surface area contributed by atoms with E-state index in [0.29, 0.717) is 6.04 Å². The Morgan fingerprint density at radius 2 is 1.83 bits per heavy atom. The van der Waals surface area contributed by atoms with Gasteiger partial charge in [-0.3, -0.25) is 9.69 Å². The number of piperidine rings is 1. The van der Waals surface area contributed by atoms with Crippen LogP contribution in [-0.2, 0) is 4.79 Å². The highest BCUT2D eigenvalue weighted by atomic mass is 35.5. The van der Waals surface area contributed by atoms with Crippen molar-refractivity contribution in [1.29, 1.82) is 0 Å². The molecule has 1 aromatic rings. The molecule has 3 rings (SSSR count). The second kappa shape index (κ2) is 9.40. The summed E-state index contributed by atoms with van der Waals surface area (Å²) in [4.78, 5) is 15.2. The van der Waals surface area contributed by atoms with Gasteiger partial charge in [-0.2, -0.15) is 0 Å². The maximum absolute atomic E-state index is 12.8. The summed E-state index contributed by atoms with van der Waals surface area (Å²) in [6, 6.07) is 10.6. The minimum atomic E-state index is -0.123. The van der Waals surface area contributed by atoms with Gasteiger partial charge in [-0.1, -0.05) is 30.3 Å². The molecular weight excluding hydrogens is 322 g/mol. The number of rotatable bonds is 7. The van der Waals surface area contributed by atoms with Crippen LogP contribution in [0.1, 0.15) is 43.7 Å². The molecule has 1 saturated carbocycles. The molecule has 1 saturated heterocycles. The van der Waals surface area contributed by atoms with Crippen molar-refractivity contribution in [3.8, 4) is 0 Å². The molecule has 1 heterocycles. The van der Waals surface area contributed by atoms with Crippen LogP contribution in [0.2, 0.25) is 0 Å². The van der Waals surface area contributed by atoms with E-state index in [0.717, 1.165) is 44.0 Å². The molecule has 1 atom stereocenters. The number of nitrogens with zero attached hydrogens (tertiary/aromatic N) is 1. The van der Waals surface area contributed by atoms with E-state index in [2.05, 4.69) is 27.7 Å². The lowest BCUT2D eigenvalue weighted by molar-refractivity contribution is -0.127. The monoisotopic (exact) mass is 351 g/mol. The molecule has 2 aliphatic rings. The van der Waals surface area contributed by atoms with Crippen LogP contribution in [0.5, 0.6) is 0 Å². The van der Waals surface area contributed by atoms with E-state index in [1.54, 1.807) is 0 Å². The fourth-order valence-corrected chi connectivity index (χ4v) is 3.52. The maximum atomic E-state index is 12.8. The van der Waals surface area contributed by atoms with Crippen molar-refractivity contribution in [1.82, 2.24) is 15.5 Å². The van der Waals surface area contributed by atoms with Gasteiger partial charge < -0.3 is 10.6 Å². The lowest BCUT2D eigenvalue weighted by Crippen LogP contribution is -2.45. The van der Waals surface area contributed by atoms with Crippen molar-refractivity contribution >= 4 is 18.3 Å². The highest BCUT2D eigenvalue weighted by molar-refractivity contribution is 5.85. The van der Waals surface area contributed by atoms with Gasteiger partial charge in [-0.05, 0) is 70.3 Å². The lowest BCUT2D eigenvalue weighted by atomic mass is 9.91. The summed E-state index contributed by atoms with van der Waals surface area (Å²) in [5.74, 6) is 0.981. The van der Waals surface area contributed by atoms with Gasteiger partial charge in [0.25, 0.3) is 0 Å². The fraction of sp³-hybridized carbons (Fsp3) is 0.632. The van der Waals surface area contributed by atoms with Gasteiger partial charge in [0.15, 0.2) is 0 Å². The molecule has 1 unspecified atom stereocenters. The maximum Gasteiger partial charge on any atom is 0.242 e. The molecule has 1 aliphatic heterocycles. The first-order chi connectivity index (χ1) is 11.3. The van der Waals surface area contributed by atoms with Crippen LogP contribution in [-0.4, -0.2) is 43.5 Å². The second-order valence-electron chi connectivity index (χ2n) is 6.97. The van der Waals surface area contributed by atoms with Gasteiger partial charge >= 0.3 is 0 Å². The van der Waals surface area contributed by atoms with E-state index in [9.17, 15) is 4.79 Å². The smallest absolute Gasteiger partial charge is 0.242 e. The Balaban J connectivity index is 0.00000208. The van der Waals surface area contributed by atoms with Crippen LogP contribution in [0.4, 0.5) is 0 Å². The fourth-order valence-electron chi connectivity index (χ4n) is 3.52. The van der Waals surface area contributed by atoms with Gasteiger partial charge in [0.2, 0.25) is 5.91 Å². The second-order valence-corrected chi connectivity index (χ2v) is 6.97. The molecule has 1 aliphatic carbocycles. The van der Waals surface area contributed by atoms with Crippen molar-refractivity contribution in [2.24, 2.45) is 5.92 Å². The number of carbonyl (C=O) groups is 1.